The summed E-state index contributed by atoms with van der Waals surface area (Å²) in [5.41, 5.74) is 1.62. The number of hydrogen-bond acceptors (Lipinski definition) is 3. The van der Waals surface area contributed by atoms with E-state index in [1.807, 2.05) is 6.92 Å². The number of nitrogens with one attached hydrogen (secondary N) is 1. The molecule has 0 aromatic heterocycles. The number of benzene rings is 1. The molecule has 1 aromatic carbocycles. The molecule has 0 bridgehead atoms. The minimum Gasteiger partial charge on any atom is -0.345 e. The van der Waals surface area contributed by atoms with Crippen LogP contribution in [0.2, 0.25) is 0 Å². The van der Waals surface area contributed by atoms with Crippen LogP contribution in [0.4, 0.5) is 0 Å². The molecule has 2 N–H and O–H groups in total. The lowest BCUT2D eigenvalue weighted by Crippen LogP contribution is -2.31. The second-order valence-corrected chi connectivity index (χ2v) is 5.42. The summed E-state index contributed by atoms with van der Waals surface area (Å²) in [5, 5.41) is 2.46. The van der Waals surface area contributed by atoms with E-state index in [-0.39, 0.29) is 0 Å². The smallest absolute Gasteiger partial charge is 0.267 e. The summed E-state index contributed by atoms with van der Waals surface area (Å²) >= 11 is 0. The van der Waals surface area contributed by atoms with Gasteiger partial charge in [-0.2, -0.15) is 8.42 Å². The average molecular weight is 269 g/mol. The van der Waals surface area contributed by atoms with Crippen molar-refractivity contribution in [1.29, 1.82) is 0 Å². The molecule has 0 spiro atoms. The molecule has 1 atom stereocenters. The van der Waals surface area contributed by atoms with Crippen LogP contribution in [-0.4, -0.2) is 24.6 Å². The molecule has 18 heavy (non-hydrogen) atoms. The first-order chi connectivity index (χ1) is 8.31. The van der Waals surface area contributed by atoms with Gasteiger partial charge in [0.15, 0.2) is 0 Å². The van der Waals surface area contributed by atoms with Crippen LogP contribution in [0.3, 0.4) is 0 Å². The first kappa shape index (κ1) is 14.4. The van der Waals surface area contributed by atoms with Crippen LogP contribution >= 0.6 is 0 Å². The Balaban J connectivity index is 2.99. The van der Waals surface area contributed by atoms with Crippen LogP contribution in [0.15, 0.2) is 36.9 Å². The maximum atomic E-state index is 11.2. The fraction of sp³-hybridized carbons (Fsp3) is 0.250. The van der Waals surface area contributed by atoms with Crippen molar-refractivity contribution in [2.24, 2.45) is 0 Å². The van der Waals surface area contributed by atoms with Crippen LogP contribution in [0, 0.1) is 6.92 Å². The molecule has 0 aliphatic rings. The molecular weight excluding hydrogens is 254 g/mol. The maximum Gasteiger partial charge on any atom is 0.267 e. The van der Waals surface area contributed by atoms with Crippen molar-refractivity contribution in [3.63, 3.8) is 0 Å². The summed E-state index contributed by atoms with van der Waals surface area (Å²) < 4.78 is 30.7. The highest BCUT2D eigenvalue weighted by atomic mass is 32.2. The van der Waals surface area contributed by atoms with Crippen molar-refractivity contribution in [1.82, 2.24) is 5.32 Å². The maximum absolute atomic E-state index is 11.2. The summed E-state index contributed by atoms with van der Waals surface area (Å²) in [6.07, 6.45) is 1.05. The van der Waals surface area contributed by atoms with Gasteiger partial charge < -0.3 is 5.32 Å². The molecule has 98 valence electrons. The largest absolute Gasteiger partial charge is 0.345 e. The van der Waals surface area contributed by atoms with Crippen LogP contribution in [0.25, 0.3) is 0 Å². The number of rotatable bonds is 5. The quantitative estimate of drug-likeness (QED) is 0.622. The summed E-state index contributed by atoms with van der Waals surface area (Å²) in [7, 11) is -4.18. The van der Waals surface area contributed by atoms with Crippen molar-refractivity contribution in [3.05, 3.63) is 48.0 Å². The normalized spacial score (nSPS) is 12.8. The average Bonchev–Trinajstić information content (AvgIpc) is 2.27. The number of carbonyl (C=O) groups is 1. The van der Waals surface area contributed by atoms with Crippen LogP contribution in [-0.2, 0) is 14.9 Å². The molecule has 0 saturated heterocycles. The van der Waals surface area contributed by atoms with E-state index in [0.29, 0.717) is 5.56 Å². The molecule has 0 heterocycles. The van der Waals surface area contributed by atoms with Gasteiger partial charge in [-0.05, 0) is 18.6 Å². The summed E-state index contributed by atoms with van der Waals surface area (Å²) in [4.78, 5) is 11.2. The second-order valence-electron chi connectivity index (χ2n) is 3.92. The van der Waals surface area contributed by atoms with Crippen LogP contribution < -0.4 is 5.32 Å². The van der Waals surface area contributed by atoms with E-state index in [1.54, 1.807) is 24.3 Å². The van der Waals surface area contributed by atoms with Gasteiger partial charge in [0.25, 0.3) is 10.1 Å². The van der Waals surface area contributed by atoms with Crippen molar-refractivity contribution in [2.45, 2.75) is 13.0 Å². The fourth-order valence-electron chi connectivity index (χ4n) is 1.46. The molecule has 0 radical (unpaired) electrons. The molecule has 0 aliphatic carbocycles. The van der Waals surface area contributed by atoms with E-state index in [9.17, 15) is 13.2 Å². The van der Waals surface area contributed by atoms with Gasteiger partial charge in [0.2, 0.25) is 5.91 Å². The predicted octanol–water partition coefficient (Wildman–Crippen LogP) is 1.23. The molecule has 1 rings (SSSR count). The van der Waals surface area contributed by atoms with E-state index >= 15 is 0 Å². The summed E-state index contributed by atoms with van der Waals surface area (Å²) in [5.74, 6) is -1.07. The minimum atomic E-state index is -4.18. The highest BCUT2D eigenvalue weighted by Gasteiger charge is 2.19. The van der Waals surface area contributed by atoms with Gasteiger partial charge in [-0.1, -0.05) is 36.4 Å². The van der Waals surface area contributed by atoms with Gasteiger partial charge in [-0.3, -0.25) is 9.35 Å². The van der Waals surface area contributed by atoms with Crippen molar-refractivity contribution in [2.75, 3.05) is 5.75 Å². The molecule has 6 heteroatoms. The Bertz CT molecular complexity index is 534. The SMILES string of the molecule is C=CC(=O)NC(CS(=O)(=O)O)c1ccc(C)cc1. The Kier molecular flexibility index (Phi) is 4.63. The Labute approximate surface area is 106 Å². The zero-order valence-corrected chi connectivity index (χ0v) is 10.8. The molecule has 1 amide bonds. The molecule has 0 fully saturated rings. The fourth-order valence-corrected chi connectivity index (χ4v) is 2.16. The number of hydrogen-bond donors (Lipinski definition) is 2. The standard InChI is InChI=1S/C12H15NO4S/c1-3-12(14)13-11(8-18(15,16)17)10-6-4-9(2)5-7-10/h3-7,11H,1,8H2,2H3,(H,13,14)(H,15,16,17). The van der Waals surface area contributed by atoms with Gasteiger partial charge in [-0.25, -0.2) is 0 Å². The molecule has 1 unspecified atom stereocenters. The summed E-state index contributed by atoms with van der Waals surface area (Å²) in [6.45, 7) is 5.19. The molecule has 5 nitrogen and oxygen atoms in total. The van der Waals surface area contributed by atoms with E-state index in [0.717, 1.165) is 11.6 Å². The van der Waals surface area contributed by atoms with E-state index in [2.05, 4.69) is 11.9 Å². The van der Waals surface area contributed by atoms with Gasteiger partial charge in [0, 0.05) is 0 Å². The highest BCUT2D eigenvalue weighted by molar-refractivity contribution is 7.85. The monoisotopic (exact) mass is 269 g/mol. The van der Waals surface area contributed by atoms with Crippen LogP contribution in [0.5, 0.6) is 0 Å². The van der Waals surface area contributed by atoms with Gasteiger partial charge in [0.1, 0.15) is 0 Å². The number of amides is 1. The predicted molar refractivity (Wildman–Crippen MR) is 68.7 cm³/mol. The lowest BCUT2D eigenvalue weighted by atomic mass is 10.1. The van der Waals surface area contributed by atoms with Crippen molar-refractivity contribution in [3.8, 4) is 0 Å². The Morgan fingerprint density at radius 1 is 1.44 bits per heavy atom. The first-order valence-corrected chi connectivity index (χ1v) is 6.87. The highest BCUT2D eigenvalue weighted by Crippen LogP contribution is 2.15. The molecular formula is C12H15NO4S. The van der Waals surface area contributed by atoms with Crippen molar-refractivity contribution < 1.29 is 17.8 Å². The number of aryl methyl sites for hydroxylation is 1. The number of carbonyl (C=O) groups excluding carboxylic acids is 1. The minimum absolute atomic E-state index is 0.496. The second kappa shape index (κ2) is 5.79. The Morgan fingerprint density at radius 2 is 2.00 bits per heavy atom. The van der Waals surface area contributed by atoms with E-state index in [1.165, 1.54) is 0 Å². The van der Waals surface area contributed by atoms with E-state index in [4.69, 9.17) is 4.55 Å². The first-order valence-electron chi connectivity index (χ1n) is 5.26. The zero-order chi connectivity index (χ0) is 13.8. The van der Waals surface area contributed by atoms with Crippen LogP contribution in [0.1, 0.15) is 17.2 Å². The van der Waals surface area contributed by atoms with Gasteiger partial charge in [-0.15, -0.1) is 0 Å². The van der Waals surface area contributed by atoms with Gasteiger partial charge >= 0.3 is 0 Å². The van der Waals surface area contributed by atoms with Crippen molar-refractivity contribution >= 4 is 16.0 Å². The lowest BCUT2D eigenvalue weighted by Gasteiger charge is -2.17. The molecule has 0 saturated carbocycles. The van der Waals surface area contributed by atoms with Gasteiger partial charge in [0.05, 0.1) is 11.8 Å². The summed E-state index contributed by atoms with van der Waals surface area (Å²) in [6, 6.07) is 6.20. The molecule has 1 aromatic rings. The van der Waals surface area contributed by atoms with E-state index < -0.39 is 27.8 Å². The Morgan fingerprint density at radius 3 is 2.44 bits per heavy atom. The molecule has 0 aliphatic heterocycles. The zero-order valence-electron chi connectivity index (χ0n) is 9.96. The topological polar surface area (TPSA) is 83.5 Å². The third-order valence-electron chi connectivity index (χ3n) is 2.36. The third-order valence-corrected chi connectivity index (χ3v) is 3.11. The Hall–Kier alpha value is -1.66. The lowest BCUT2D eigenvalue weighted by molar-refractivity contribution is -0.117. The third kappa shape index (κ3) is 4.68.